The molecule has 2 heterocycles. The molecule has 5 heteroatoms. The van der Waals surface area contributed by atoms with Crippen molar-refractivity contribution in [3.8, 4) is 10.6 Å². The third kappa shape index (κ3) is 4.06. The second-order valence-corrected chi connectivity index (χ2v) is 7.01. The molecule has 1 atom stereocenters. The minimum atomic E-state index is -0.0628. The summed E-state index contributed by atoms with van der Waals surface area (Å²) in [7, 11) is 0. The van der Waals surface area contributed by atoms with Crippen LogP contribution in [0.4, 0.5) is 0 Å². The number of hydrogen-bond donors (Lipinski definition) is 2. The van der Waals surface area contributed by atoms with Crippen LogP contribution in [0.2, 0.25) is 0 Å². The van der Waals surface area contributed by atoms with E-state index in [0.29, 0.717) is 6.54 Å². The first-order valence-corrected chi connectivity index (χ1v) is 9.52. The van der Waals surface area contributed by atoms with Crippen molar-refractivity contribution in [3.63, 3.8) is 0 Å². The van der Waals surface area contributed by atoms with Crippen LogP contribution in [0.25, 0.3) is 10.6 Å². The van der Waals surface area contributed by atoms with Crippen LogP contribution in [0.15, 0.2) is 46.5 Å². The van der Waals surface area contributed by atoms with Crippen molar-refractivity contribution in [2.75, 3.05) is 6.61 Å². The van der Waals surface area contributed by atoms with Crippen LogP contribution < -0.4 is 5.32 Å². The molecule has 0 aliphatic rings. The van der Waals surface area contributed by atoms with Gasteiger partial charge in [-0.3, -0.25) is 0 Å². The molecule has 0 saturated heterocycles. The quantitative estimate of drug-likeness (QED) is 0.673. The van der Waals surface area contributed by atoms with Crippen molar-refractivity contribution in [3.05, 3.63) is 63.3 Å². The summed E-state index contributed by atoms with van der Waals surface area (Å²) in [5.74, 6) is 0. The first kappa shape index (κ1) is 16.3. The highest BCUT2D eigenvalue weighted by atomic mass is 32.1. The highest BCUT2D eigenvalue weighted by Gasteiger charge is 2.11. The van der Waals surface area contributed by atoms with E-state index in [2.05, 4.69) is 63.7 Å². The summed E-state index contributed by atoms with van der Waals surface area (Å²) in [5.41, 5.74) is 4.61. The lowest BCUT2D eigenvalue weighted by Crippen LogP contribution is -2.24. The summed E-state index contributed by atoms with van der Waals surface area (Å²) in [6.07, 6.45) is 1.03. The van der Waals surface area contributed by atoms with Gasteiger partial charge in [-0.05, 0) is 29.0 Å². The molecule has 23 heavy (non-hydrogen) atoms. The van der Waals surface area contributed by atoms with E-state index in [1.807, 2.05) is 0 Å². The van der Waals surface area contributed by atoms with E-state index in [4.69, 9.17) is 0 Å². The van der Waals surface area contributed by atoms with Gasteiger partial charge in [0.15, 0.2) is 0 Å². The van der Waals surface area contributed by atoms with E-state index in [1.54, 1.807) is 22.7 Å². The zero-order chi connectivity index (χ0) is 16.1. The Balaban J connectivity index is 1.63. The predicted octanol–water partition coefficient (Wildman–Crippen LogP) is 4.26. The molecular weight excluding hydrogens is 324 g/mol. The molecular formula is C18H20N2OS2. The summed E-state index contributed by atoms with van der Waals surface area (Å²) >= 11 is 3.34. The zero-order valence-corrected chi connectivity index (χ0v) is 14.7. The maximum atomic E-state index is 9.66. The van der Waals surface area contributed by atoms with Gasteiger partial charge in [-0.25, -0.2) is 4.98 Å². The molecule has 0 saturated carbocycles. The molecule has 0 radical (unpaired) electrons. The van der Waals surface area contributed by atoms with Crippen LogP contribution in [-0.4, -0.2) is 16.7 Å². The molecule has 0 bridgehead atoms. The van der Waals surface area contributed by atoms with E-state index in [9.17, 15) is 5.11 Å². The van der Waals surface area contributed by atoms with Crippen LogP contribution >= 0.6 is 22.7 Å². The van der Waals surface area contributed by atoms with Crippen molar-refractivity contribution < 1.29 is 5.11 Å². The second kappa shape index (κ2) is 7.84. The predicted molar refractivity (Wildman–Crippen MR) is 97.9 cm³/mol. The Morgan fingerprint density at radius 2 is 2.00 bits per heavy atom. The standard InChI is InChI=1S/C18H20N2OS2/c1-2-13-3-5-14(6-4-13)17(10-21)19-9-16-12-23-18(20-16)15-7-8-22-11-15/h3-8,11-12,17,19,21H,2,9-10H2,1H3. The molecule has 120 valence electrons. The average molecular weight is 345 g/mol. The molecule has 0 aliphatic heterocycles. The molecule has 0 aliphatic carbocycles. The third-order valence-corrected chi connectivity index (χ3v) is 5.45. The van der Waals surface area contributed by atoms with Gasteiger partial charge in [0.05, 0.1) is 18.3 Å². The topological polar surface area (TPSA) is 45.1 Å². The zero-order valence-electron chi connectivity index (χ0n) is 13.0. The monoisotopic (exact) mass is 344 g/mol. The summed E-state index contributed by atoms with van der Waals surface area (Å²) in [4.78, 5) is 4.66. The summed E-state index contributed by atoms with van der Waals surface area (Å²) < 4.78 is 0. The average Bonchev–Trinajstić information content (AvgIpc) is 3.27. The number of rotatable bonds is 7. The fourth-order valence-corrected chi connectivity index (χ4v) is 3.94. The van der Waals surface area contributed by atoms with Crippen LogP contribution in [0.1, 0.15) is 29.8 Å². The van der Waals surface area contributed by atoms with Gasteiger partial charge >= 0.3 is 0 Å². The maximum Gasteiger partial charge on any atom is 0.124 e. The van der Waals surface area contributed by atoms with Gasteiger partial charge in [0.25, 0.3) is 0 Å². The Labute approximate surface area is 144 Å². The SMILES string of the molecule is CCc1ccc(C(CO)NCc2csc(-c3ccsc3)n2)cc1. The lowest BCUT2D eigenvalue weighted by atomic mass is 10.0. The number of thiazole rings is 1. The molecule has 0 amide bonds. The Morgan fingerprint density at radius 1 is 1.17 bits per heavy atom. The highest BCUT2D eigenvalue weighted by molar-refractivity contribution is 7.14. The van der Waals surface area contributed by atoms with Crippen LogP contribution in [0, 0.1) is 0 Å². The molecule has 1 aromatic carbocycles. The number of thiophene rings is 1. The largest absolute Gasteiger partial charge is 0.394 e. The number of hydrogen-bond acceptors (Lipinski definition) is 5. The van der Waals surface area contributed by atoms with Gasteiger partial charge in [-0.1, -0.05) is 31.2 Å². The van der Waals surface area contributed by atoms with Gasteiger partial charge in [0.2, 0.25) is 0 Å². The molecule has 2 N–H and O–H groups in total. The molecule has 0 fully saturated rings. The fourth-order valence-electron chi connectivity index (χ4n) is 2.41. The first-order valence-electron chi connectivity index (χ1n) is 7.70. The summed E-state index contributed by atoms with van der Waals surface area (Å²) in [6, 6.07) is 10.4. The molecule has 3 nitrogen and oxygen atoms in total. The number of nitrogens with one attached hydrogen (secondary N) is 1. The first-order chi connectivity index (χ1) is 11.3. The summed E-state index contributed by atoms with van der Waals surface area (Å²) in [5, 5.41) is 20.4. The number of benzene rings is 1. The Bertz CT molecular complexity index is 720. The minimum absolute atomic E-state index is 0.0628. The van der Waals surface area contributed by atoms with Gasteiger partial charge < -0.3 is 10.4 Å². The number of aliphatic hydroxyl groups is 1. The Morgan fingerprint density at radius 3 is 2.65 bits per heavy atom. The van der Waals surface area contributed by atoms with Crippen LogP contribution in [0.3, 0.4) is 0 Å². The number of aryl methyl sites for hydroxylation is 1. The van der Waals surface area contributed by atoms with E-state index in [-0.39, 0.29) is 12.6 Å². The molecule has 3 rings (SSSR count). The van der Waals surface area contributed by atoms with E-state index in [1.165, 1.54) is 11.1 Å². The van der Waals surface area contributed by atoms with E-state index >= 15 is 0 Å². The highest BCUT2D eigenvalue weighted by Crippen LogP contribution is 2.26. The summed E-state index contributed by atoms with van der Waals surface area (Å²) in [6.45, 7) is 2.87. The van der Waals surface area contributed by atoms with E-state index < -0.39 is 0 Å². The number of nitrogens with zero attached hydrogens (tertiary/aromatic N) is 1. The Hall–Kier alpha value is -1.53. The van der Waals surface area contributed by atoms with Crippen molar-refractivity contribution in [1.29, 1.82) is 0 Å². The smallest absolute Gasteiger partial charge is 0.124 e. The Kier molecular flexibility index (Phi) is 5.56. The third-order valence-electron chi connectivity index (χ3n) is 3.82. The van der Waals surface area contributed by atoms with Crippen molar-refractivity contribution in [2.45, 2.75) is 25.9 Å². The van der Waals surface area contributed by atoms with E-state index in [0.717, 1.165) is 22.7 Å². The lowest BCUT2D eigenvalue weighted by Gasteiger charge is -2.16. The van der Waals surface area contributed by atoms with Gasteiger partial charge in [0.1, 0.15) is 5.01 Å². The van der Waals surface area contributed by atoms with Gasteiger partial charge in [-0.2, -0.15) is 11.3 Å². The van der Waals surface area contributed by atoms with Crippen LogP contribution in [0.5, 0.6) is 0 Å². The molecule has 2 aromatic heterocycles. The normalized spacial score (nSPS) is 12.4. The molecule has 3 aromatic rings. The minimum Gasteiger partial charge on any atom is -0.394 e. The van der Waals surface area contributed by atoms with Gasteiger partial charge in [0, 0.05) is 22.9 Å². The van der Waals surface area contributed by atoms with Crippen molar-refractivity contribution >= 4 is 22.7 Å². The second-order valence-electron chi connectivity index (χ2n) is 5.37. The molecule has 0 spiro atoms. The van der Waals surface area contributed by atoms with Crippen molar-refractivity contribution in [1.82, 2.24) is 10.3 Å². The van der Waals surface area contributed by atoms with Crippen LogP contribution in [-0.2, 0) is 13.0 Å². The number of aliphatic hydroxyl groups excluding tert-OH is 1. The maximum absolute atomic E-state index is 9.66. The molecule has 1 unspecified atom stereocenters. The van der Waals surface area contributed by atoms with Gasteiger partial charge in [-0.15, -0.1) is 11.3 Å². The number of aromatic nitrogens is 1. The fraction of sp³-hybridized carbons (Fsp3) is 0.278. The lowest BCUT2D eigenvalue weighted by molar-refractivity contribution is 0.243. The van der Waals surface area contributed by atoms with Crippen molar-refractivity contribution in [2.24, 2.45) is 0 Å².